The van der Waals surface area contributed by atoms with E-state index in [4.69, 9.17) is 17.3 Å². The van der Waals surface area contributed by atoms with Crippen LogP contribution in [0.15, 0.2) is 18.2 Å². The van der Waals surface area contributed by atoms with Gasteiger partial charge < -0.3 is 11.1 Å². The fourth-order valence-corrected chi connectivity index (χ4v) is 2.56. The Morgan fingerprint density at radius 2 is 2.11 bits per heavy atom. The number of para-hydroxylation sites is 1. The molecule has 0 radical (unpaired) electrons. The minimum absolute atomic E-state index is 0.000253. The second kappa shape index (κ2) is 5.54. The Balaban J connectivity index is 2.24. The van der Waals surface area contributed by atoms with Gasteiger partial charge in [-0.25, -0.2) is 0 Å². The predicted molar refractivity (Wildman–Crippen MR) is 72.0 cm³/mol. The molecule has 2 atom stereocenters. The van der Waals surface area contributed by atoms with Crippen LogP contribution in [0.5, 0.6) is 0 Å². The zero-order chi connectivity index (χ0) is 13.1. The van der Waals surface area contributed by atoms with Crippen molar-refractivity contribution in [2.45, 2.75) is 37.8 Å². The monoisotopic (exact) mass is 269 g/mol. The molecule has 1 saturated carbocycles. The van der Waals surface area contributed by atoms with E-state index in [1.165, 1.54) is 6.07 Å². The van der Waals surface area contributed by atoms with E-state index in [0.29, 0.717) is 10.7 Å². The van der Waals surface area contributed by atoms with E-state index in [1.54, 1.807) is 12.1 Å². The van der Waals surface area contributed by atoms with Gasteiger partial charge in [0.15, 0.2) is 0 Å². The first kappa shape index (κ1) is 13.1. The van der Waals surface area contributed by atoms with Crippen LogP contribution in [-0.4, -0.2) is 17.0 Å². The predicted octanol–water partition coefficient (Wildman–Crippen LogP) is 2.93. The number of benzene rings is 1. The van der Waals surface area contributed by atoms with E-state index in [2.05, 4.69) is 5.32 Å². The Bertz CT molecular complexity index is 453. The van der Waals surface area contributed by atoms with Gasteiger partial charge in [-0.1, -0.05) is 30.5 Å². The highest BCUT2D eigenvalue weighted by atomic mass is 35.5. The summed E-state index contributed by atoms with van der Waals surface area (Å²) in [5, 5.41) is 14.5. The first-order valence-electron chi connectivity index (χ1n) is 6.04. The topological polar surface area (TPSA) is 81.2 Å². The van der Waals surface area contributed by atoms with Crippen molar-refractivity contribution in [3.63, 3.8) is 0 Å². The number of rotatable bonds is 3. The van der Waals surface area contributed by atoms with Crippen LogP contribution in [0.2, 0.25) is 5.02 Å². The van der Waals surface area contributed by atoms with Gasteiger partial charge in [0.2, 0.25) is 0 Å². The lowest BCUT2D eigenvalue weighted by molar-refractivity contribution is -0.384. The average molecular weight is 270 g/mol. The van der Waals surface area contributed by atoms with E-state index in [-0.39, 0.29) is 17.8 Å². The van der Waals surface area contributed by atoms with Crippen LogP contribution in [0.25, 0.3) is 0 Å². The Hall–Kier alpha value is -1.33. The van der Waals surface area contributed by atoms with Crippen LogP contribution in [0, 0.1) is 10.1 Å². The SMILES string of the molecule is N[C@@H]1CCCC[C@H]1Nc1c(Cl)cccc1[N+](=O)[O-]. The molecule has 1 aliphatic rings. The molecule has 2 rings (SSSR count). The summed E-state index contributed by atoms with van der Waals surface area (Å²) in [5.41, 5.74) is 6.41. The minimum Gasteiger partial charge on any atom is -0.374 e. The van der Waals surface area contributed by atoms with Crippen molar-refractivity contribution < 1.29 is 4.92 Å². The Morgan fingerprint density at radius 3 is 2.78 bits per heavy atom. The normalized spacial score (nSPS) is 23.7. The lowest BCUT2D eigenvalue weighted by Crippen LogP contribution is -2.42. The lowest BCUT2D eigenvalue weighted by Gasteiger charge is -2.30. The van der Waals surface area contributed by atoms with E-state index >= 15 is 0 Å². The smallest absolute Gasteiger partial charge is 0.293 e. The van der Waals surface area contributed by atoms with Gasteiger partial charge in [0.1, 0.15) is 5.69 Å². The number of hydrogen-bond donors (Lipinski definition) is 2. The number of nitro benzene ring substituents is 1. The quantitative estimate of drug-likeness (QED) is 0.653. The largest absolute Gasteiger partial charge is 0.374 e. The number of nitrogens with two attached hydrogens (primary N) is 1. The summed E-state index contributed by atoms with van der Waals surface area (Å²) in [7, 11) is 0. The first-order chi connectivity index (χ1) is 8.59. The molecule has 5 nitrogen and oxygen atoms in total. The van der Waals surface area contributed by atoms with E-state index in [0.717, 1.165) is 25.7 Å². The maximum absolute atomic E-state index is 11.0. The number of nitrogens with zero attached hydrogens (tertiary/aromatic N) is 1. The highest BCUT2D eigenvalue weighted by Gasteiger charge is 2.25. The second-order valence-electron chi connectivity index (χ2n) is 4.59. The van der Waals surface area contributed by atoms with Crippen molar-refractivity contribution in [2.75, 3.05) is 5.32 Å². The summed E-state index contributed by atoms with van der Waals surface area (Å²) in [4.78, 5) is 10.5. The molecule has 0 unspecified atom stereocenters. The van der Waals surface area contributed by atoms with Gasteiger partial charge in [-0.2, -0.15) is 0 Å². The molecule has 1 aromatic carbocycles. The Kier molecular flexibility index (Phi) is 4.04. The molecule has 0 aliphatic heterocycles. The standard InChI is InChI=1S/C12H16ClN3O2/c13-8-4-3-7-11(16(17)18)12(8)15-10-6-2-1-5-9(10)14/h3-4,7,9-10,15H,1-2,5-6,14H2/t9-,10-/m1/s1. The van der Waals surface area contributed by atoms with Crippen LogP contribution in [-0.2, 0) is 0 Å². The minimum atomic E-state index is -0.428. The molecule has 6 heteroatoms. The molecule has 0 amide bonds. The molecule has 0 spiro atoms. The summed E-state index contributed by atoms with van der Waals surface area (Å²) >= 11 is 6.03. The Labute approximate surface area is 110 Å². The molecule has 98 valence electrons. The van der Waals surface area contributed by atoms with Gasteiger partial charge in [-0.05, 0) is 18.9 Å². The van der Waals surface area contributed by atoms with E-state index in [9.17, 15) is 10.1 Å². The molecule has 0 saturated heterocycles. The third-order valence-electron chi connectivity index (χ3n) is 3.34. The van der Waals surface area contributed by atoms with Gasteiger partial charge in [0.05, 0.1) is 9.95 Å². The second-order valence-corrected chi connectivity index (χ2v) is 5.00. The fraction of sp³-hybridized carbons (Fsp3) is 0.500. The van der Waals surface area contributed by atoms with Crippen molar-refractivity contribution in [1.29, 1.82) is 0 Å². The van der Waals surface area contributed by atoms with Crippen molar-refractivity contribution >= 4 is 23.0 Å². The van der Waals surface area contributed by atoms with Crippen molar-refractivity contribution in [3.05, 3.63) is 33.3 Å². The molecule has 3 N–H and O–H groups in total. The number of nitrogens with one attached hydrogen (secondary N) is 1. The number of nitro groups is 1. The maximum atomic E-state index is 11.0. The van der Waals surface area contributed by atoms with Gasteiger partial charge in [0.25, 0.3) is 5.69 Å². The van der Waals surface area contributed by atoms with E-state index in [1.807, 2.05) is 0 Å². The Morgan fingerprint density at radius 1 is 1.39 bits per heavy atom. The molecular formula is C12H16ClN3O2. The number of halogens is 1. The fourth-order valence-electron chi connectivity index (χ4n) is 2.33. The van der Waals surface area contributed by atoms with Crippen molar-refractivity contribution in [3.8, 4) is 0 Å². The third-order valence-corrected chi connectivity index (χ3v) is 3.65. The van der Waals surface area contributed by atoms with Crippen LogP contribution in [0.3, 0.4) is 0 Å². The lowest BCUT2D eigenvalue weighted by atomic mass is 9.91. The van der Waals surface area contributed by atoms with Gasteiger partial charge >= 0.3 is 0 Å². The molecule has 0 heterocycles. The zero-order valence-corrected chi connectivity index (χ0v) is 10.7. The molecule has 1 fully saturated rings. The molecule has 1 aliphatic carbocycles. The molecule has 0 bridgehead atoms. The first-order valence-corrected chi connectivity index (χ1v) is 6.42. The van der Waals surface area contributed by atoms with Crippen LogP contribution in [0.4, 0.5) is 11.4 Å². The zero-order valence-electron chi connectivity index (χ0n) is 9.93. The molecule has 18 heavy (non-hydrogen) atoms. The summed E-state index contributed by atoms with van der Waals surface area (Å²) in [5.74, 6) is 0. The third kappa shape index (κ3) is 2.73. The van der Waals surface area contributed by atoms with Gasteiger partial charge in [-0.3, -0.25) is 10.1 Å². The molecular weight excluding hydrogens is 254 g/mol. The summed E-state index contributed by atoms with van der Waals surface area (Å²) < 4.78 is 0. The highest BCUT2D eigenvalue weighted by Crippen LogP contribution is 2.34. The number of hydrogen-bond acceptors (Lipinski definition) is 4. The van der Waals surface area contributed by atoms with Crippen LogP contribution >= 0.6 is 11.6 Å². The summed E-state index contributed by atoms with van der Waals surface area (Å²) in [6, 6.07) is 4.74. The molecule has 0 aromatic heterocycles. The van der Waals surface area contributed by atoms with Gasteiger partial charge in [0, 0.05) is 18.2 Å². The number of anilines is 1. The summed E-state index contributed by atoms with van der Waals surface area (Å²) in [6.07, 6.45) is 4.06. The van der Waals surface area contributed by atoms with Crippen LogP contribution < -0.4 is 11.1 Å². The van der Waals surface area contributed by atoms with E-state index < -0.39 is 4.92 Å². The van der Waals surface area contributed by atoms with Gasteiger partial charge in [-0.15, -0.1) is 0 Å². The summed E-state index contributed by atoms with van der Waals surface area (Å²) in [6.45, 7) is 0. The van der Waals surface area contributed by atoms with Crippen LogP contribution in [0.1, 0.15) is 25.7 Å². The van der Waals surface area contributed by atoms with Crippen molar-refractivity contribution in [1.82, 2.24) is 0 Å². The average Bonchev–Trinajstić information content (AvgIpc) is 2.34. The highest BCUT2D eigenvalue weighted by molar-refractivity contribution is 6.33. The van der Waals surface area contributed by atoms with Crippen molar-refractivity contribution in [2.24, 2.45) is 5.73 Å². The molecule has 1 aromatic rings. The maximum Gasteiger partial charge on any atom is 0.293 e.